The molecule has 3 aromatic rings. The number of aliphatic hydroxyl groups excluding tert-OH is 1. The van der Waals surface area contributed by atoms with Crippen molar-refractivity contribution in [3.8, 4) is 0 Å². The van der Waals surface area contributed by atoms with Crippen LogP contribution in [0.1, 0.15) is 87.6 Å². The van der Waals surface area contributed by atoms with Crippen molar-refractivity contribution in [1.29, 1.82) is 0 Å². The predicted molar refractivity (Wildman–Crippen MR) is 160 cm³/mol. The molecule has 1 saturated heterocycles. The van der Waals surface area contributed by atoms with Gasteiger partial charge in [-0.2, -0.15) is 11.4 Å². The summed E-state index contributed by atoms with van der Waals surface area (Å²) in [6, 6.07) is 0. The third kappa shape index (κ3) is 4.53. The third-order valence-electron chi connectivity index (χ3n) is 8.74. The van der Waals surface area contributed by atoms with Crippen LogP contribution >= 0.6 is 0 Å². The summed E-state index contributed by atoms with van der Waals surface area (Å²) < 4.78 is 0. The molecule has 206 valence electrons. The summed E-state index contributed by atoms with van der Waals surface area (Å²) in [4.78, 5) is 28.3. The molecule has 7 nitrogen and oxygen atoms in total. The number of carbonyl (C=O) groups excluding carboxylic acids is 1. The molecule has 8 bridgehead atoms. The second-order valence-corrected chi connectivity index (χ2v) is 10.9. The molecule has 3 aromatic heterocycles. The standard InChI is InChI=1S/C33H33N4O3.Mg/c1-7-19-15(3)23-12-25-17(5)21(9-10-30(39)40)32(36-25)22-11-29(38)31-18(6)26(37-33(22)31)14-28-20(8-2)16(4)24(35-28)13-27(19)34-23;/h7,10,12-14,17,21H,1,8-9,11H2,2-6H3,(H3-,36,37,38,39,40);/q-3;+2/p-2/b24-13-,25-12-,28-14-;/t17-,21-;/m0./s1. The molecule has 3 aliphatic rings. The van der Waals surface area contributed by atoms with E-state index in [0.717, 1.165) is 79.0 Å². The maximum absolute atomic E-state index is 13.3. The predicted octanol–water partition coefficient (Wildman–Crippen LogP) is 3.41. The van der Waals surface area contributed by atoms with Crippen LogP contribution in [0.5, 0.6) is 0 Å². The summed E-state index contributed by atoms with van der Waals surface area (Å²) in [6.07, 6.45) is 10.4. The van der Waals surface area contributed by atoms with Gasteiger partial charge < -0.3 is 30.5 Å². The minimum absolute atomic E-state index is 0. The first-order chi connectivity index (χ1) is 19.1. The van der Waals surface area contributed by atoms with E-state index in [1.165, 1.54) is 6.08 Å². The van der Waals surface area contributed by atoms with Crippen molar-refractivity contribution in [1.82, 2.24) is 15.0 Å². The van der Waals surface area contributed by atoms with Crippen molar-refractivity contribution < 1.29 is 15.0 Å². The molecule has 0 spiro atoms. The van der Waals surface area contributed by atoms with Gasteiger partial charge in [0.1, 0.15) is 0 Å². The van der Waals surface area contributed by atoms with Crippen LogP contribution in [0.4, 0.5) is 0 Å². The van der Waals surface area contributed by atoms with Gasteiger partial charge in [0, 0.05) is 17.9 Å². The van der Waals surface area contributed by atoms with Crippen LogP contribution < -0.4 is 30.8 Å². The smallest absolute Gasteiger partial charge is 0.664 e. The number of Topliss-reactive ketones (excluding diaryl/α,β-unsaturated/α-hetero) is 1. The Hall–Kier alpha value is -3.62. The van der Waals surface area contributed by atoms with Crippen LogP contribution in [0.15, 0.2) is 30.0 Å². The number of ketones is 1. The SMILES string of the molecule is C=Cc1c2[n-]c(c1C)/C=C1\[N-]/C(=C3/CC(=O)c4c3[n-]c(c4C)/C=c3\[n-]/c(c(C)c3CC)=C\2)[C@@H](C/C=C(/[O-])O)[C@@H]1C.[Mg+2]. The van der Waals surface area contributed by atoms with Crippen molar-refractivity contribution in [2.24, 2.45) is 11.8 Å². The second kappa shape index (κ2) is 10.7. The number of aliphatic hydroxyl groups is 1. The van der Waals surface area contributed by atoms with Crippen LogP contribution in [-0.4, -0.2) is 33.9 Å². The van der Waals surface area contributed by atoms with Crippen molar-refractivity contribution >= 4 is 58.7 Å². The molecular formula is C33H31MgN4O3-3. The van der Waals surface area contributed by atoms with Crippen molar-refractivity contribution in [3.63, 3.8) is 0 Å². The number of hydrogen-bond acceptors (Lipinski definition) is 3. The van der Waals surface area contributed by atoms with Gasteiger partial charge in [-0.05, 0) is 51.0 Å². The van der Waals surface area contributed by atoms with Gasteiger partial charge in [-0.3, -0.25) is 4.79 Å². The van der Waals surface area contributed by atoms with Crippen molar-refractivity contribution in [3.05, 3.63) is 102 Å². The molecule has 1 fully saturated rings. The van der Waals surface area contributed by atoms with E-state index >= 15 is 0 Å². The molecular weight excluding hydrogens is 525 g/mol. The molecule has 5 heterocycles. The number of fused-ring (bicyclic) bond motifs is 7. The average Bonchev–Trinajstić information content (AvgIpc) is 3.65. The number of carbonyl (C=O) groups is 1. The molecule has 0 aromatic carbocycles. The quantitative estimate of drug-likeness (QED) is 0.389. The Kier molecular flexibility index (Phi) is 7.50. The number of rotatable bonds is 4. The minimum Gasteiger partial charge on any atom is -0.664 e. The summed E-state index contributed by atoms with van der Waals surface area (Å²) in [6.45, 7) is 14.3. The fraction of sp³-hybridized carbons (Fsp3) is 0.303. The molecule has 0 amide bonds. The molecule has 41 heavy (non-hydrogen) atoms. The maximum Gasteiger partial charge on any atom is 2.00 e. The molecule has 6 rings (SSSR count). The molecule has 0 radical (unpaired) electrons. The monoisotopic (exact) mass is 555 g/mol. The Morgan fingerprint density at radius 2 is 1.76 bits per heavy atom. The number of nitrogens with zero attached hydrogens (tertiary/aromatic N) is 4. The first-order valence-corrected chi connectivity index (χ1v) is 13.7. The number of aromatic nitrogens is 3. The van der Waals surface area contributed by atoms with Gasteiger partial charge in [0.15, 0.2) is 5.78 Å². The van der Waals surface area contributed by atoms with Gasteiger partial charge in [-0.25, -0.2) is 0 Å². The van der Waals surface area contributed by atoms with Gasteiger partial charge in [0.05, 0.1) is 0 Å². The molecule has 1 N–H and O–H groups in total. The Labute approximate surface area is 255 Å². The first-order valence-electron chi connectivity index (χ1n) is 13.7. The van der Waals surface area contributed by atoms with Gasteiger partial charge in [0.25, 0.3) is 0 Å². The Bertz CT molecular complexity index is 1820. The Morgan fingerprint density at radius 1 is 1.05 bits per heavy atom. The summed E-state index contributed by atoms with van der Waals surface area (Å²) >= 11 is 0. The van der Waals surface area contributed by atoms with E-state index in [4.69, 9.17) is 20.3 Å². The van der Waals surface area contributed by atoms with E-state index in [9.17, 15) is 15.0 Å². The van der Waals surface area contributed by atoms with E-state index in [1.54, 1.807) is 0 Å². The topological polar surface area (TPSA) is 117 Å². The van der Waals surface area contributed by atoms with Gasteiger partial charge in [-0.15, -0.1) is 33.5 Å². The molecule has 1 aliphatic carbocycles. The zero-order valence-corrected chi connectivity index (χ0v) is 25.5. The minimum atomic E-state index is -0.970. The van der Waals surface area contributed by atoms with Gasteiger partial charge in [0.2, 0.25) is 0 Å². The van der Waals surface area contributed by atoms with E-state index < -0.39 is 5.95 Å². The summed E-state index contributed by atoms with van der Waals surface area (Å²) in [5.41, 5.74) is 11.0. The average molecular weight is 556 g/mol. The largest absolute Gasteiger partial charge is 2.00 e. The van der Waals surface area contributed by atoms with Crippen LogP contribution in [0, 0.1) is 32.6 Å². The number of allylic oxidation sites excluding steroid dienone is 4. The zero-order valence-electron chi connectivity index (χ0n) is 24.1. The summed E-state index contributed by atoms with van der Waals surface area (Å²) in [7, 11) is 0. The summed E-state index contributed by atoms with van der Waals surface area (Å²) in [5.74, 6) is -1.21. The second-order valence-electron chi connectivity index (χ2n) is 10.9. The molecule has 2 aliphatic heterocycles. The Balaban J connectivity index is 0.00000337. The van der Waals surface area contributed by atoms with E-state index in [-0.39, 0.29) is 47.1 Å². The normalized spacial score (nSPS) is 24.1. The van der Waals surface area contributed by atoms with Crippen LogP contribution in [0.25, 0.3) is 35.2 Å². The van der Waals surface area contributed by atoms with E-state index in [1.807, 2.05) is 38.2 Å². The van der Waals surface area contributed by atoms with E-state index in [0.29, 0.717) is 17.7 Å². The van der Waals surface area contributed by atoms with Crippen molar-refractivity contribution in [2.75, 3.05) is 0 Å². The molecule has 0 unspecified atom stereocenters. The third-order valence-corrected chi connectivity index (χ3v) is 8.74. The first kappa shape index (κ1) is 28.9. The fourth-order valence-corrected chi connectivity index (χ4v) is 6.42. The number of hydrogen-bond donors (Lipinski definition) is 1. The summed E-state index contributed by atoms with van der Waals surface area (Å²) in [5, 5.41) is 27.7. The molecule has 8 heteroatoms. The fourth-order valence-electron chi connectivity index (χ4n) is 6.42. The van der Waals surface area contributed by atoms with Crippen LogP contribution in [-0.2, 0) is 6.42 Å². The van der Waals surface area contributed by atoms with Gasteiger partial charge >= 0.3 is 23.1 Å². The molecule has 2 atom stereocenters. The maximum atomic E-state index is 13.3. The van der Waals surface area contributed by atoms with Crippen molar-refractivity contribution in [2.45, 2.75) is 53.9 Å². The van der Waals surface area contributed by atoms with Gasteiger partial charge in [-0.1, -0.05) is 78.6 Å². The van der Waals surface area contributed by atoms with E-state index in [2.05, 4.69) is 27.4 Å². The van der Waals surface area contributed by atoms with Crippen LogP contribution in [0.2, 0.25) is 0 Å². The zero-order chi connectivity index (χ0) is 28.5. The molecule has 0 saturated carbocycles. The van der Waals surface area contributed by atoms with Crippen LogP contribution in [0.3, 0.4) is 0 Å². The Morgan fingerprint density at radius 3 is 2.44 bits per heavy atom.